The molecule has 3 rings (SSSR count). The van der Waals surface area contributed by atoms with Crippen molar-refractivity contribution in [2.75, 3.05) is 63.3 Å². The molecule has 216 valence electrons. The fourth-order valence-corrected chi connectivity index (χ4v) is 5.42. The number of anilines is 2. The van der Waals surface area contributed by atoms with E-state index in [-0.39, 0.29) is 0 Å². The molecule has 1 aliphatic heterocycles. The van der Waals surface area contributed by atoms with Crippen LogP contribution < -0.4 is 14.5 Å². The van der Waals surface area contributed by atoms with Crippen LogP contribution in [0.15, 0.2) is 36.4 Å². The normalized spacial score (nSPS) is 15.7. The lowest BCUT2D eigenvalue weighted by molar-refractivity contribution is -0.189. The quantitative estimate of drug-likeness (QED) is 0.0650. The first-order chi connectivity index (χ1) is 18.8. The van der Waals surface area contributed by atoms with Gasteiger partial charge in [-0.1, -0.05) is 35.3 Å². The second-order valence-corrected chi connectivity index (χ2v) is 10.9. The van der Waals surface area contributed by atoms with Gasteiger partial charge >= 0.3 is 8.60 Å². The van der Waals surface area contributed by atoms with Crippen LogP contribution in [-0.4, -0.2) is 75.8 Å². The van der Waals surface area contributed by atoms with E-state index in [9.17, 15) is 9.69 Å². The molecule has 0 amide bonds. The van der Waals surface area contributed by atoms with Crippen molar-refractivity contribution in [3.63, 3.8) is 0 Å². The third-order valence-electron chi connectivity index (χ3n) is 6.68. The van der Waals surface area contributed by atoms with Crippen LogP contribution in [0.2, 0.25) is 10.0 Å². The minimum Gasteiger partial charge on any atom is -0.494 e. The van der Waals surface area contributed by atoms with E-state index in [0.717, 1.165) is 74.5 Å². The van der Waals surface area contributed by atoms with Crippen molar-refractivity contribution in [3.05, 3.63) is 52.0 Å². The van der Waals surface area contributed by atoms with Gasteiger partial charge in [0.05, 0.1) is 29.4 Å². The maximum Gasteiger partial charge on any atom is 0.362 e. The zero-order chi connectivity index (χ0) is 28.2. The molecule has 39 heavy (non-hydrogen) atoms. The minimum atomic E-state index is -2.18. The van der Waals surface area contributed by atoms with Crippen LogP contribution in [-0.2, 0) is 25.3 Å². The molecule has 0 spiro atoms. The van der Waals surface area contributed by atoms with Crippen molar-refractivity contribution in [3.8, 4) is 5.75 Å². The minimum absolute atomic E-state index is 0.413. The van der Waals surface area contributed by atoms with Gasteiger partial charge in [-0.15, -0.1) is 0 Å². The van der Waals surface area contributed by atoms with Crippen LogP contribution in [0.3, 0.4) is 0 Å². The van der Waals surface area contributed by atoms with Crippen LogP contribution in [0.5, 0.6) is 5.75 Å². The van der Waals surface area contributed by atoms with E-state index in [1.54, 1.807) is 6.92 Å². The number of halogens is 2. The molecule has 1 fully saturated rings. The highest BCUT2D eigenvalue weighted by Crippen LogP contribution is 2.37. The Morgan fingerprint density at radius 2 is 1.92 bits per heavy atom. The largest absolute Gasteiger partial charge is 0.494 e. The van der Waals surface area contributed by atoms with E-state index in [1.807, 2.05) is 48.3 Å². The number of aldehydes is 1. The van der Waals surface area contributed by atoms with E-state index in [2.05, 4.69) is 19.4 Å². The van der Waals surface area contributed by atoms with Gasteiger partial charge in [0, 0.05) is 51.4 Å². The summed E-state index contributed by atoms with van der Waals surface area (Å²) in [6.45, 7) is 7.21. The first-order valence-electron chi connectivity index (χ1n) is 13.0. The smallest absolute Gasteiger partial charge is 0.362 e. The molecule has 0 aliphatic carbocycles. The fourth-order valence-electron chi connectivity index (χ4n) is 4.44. The van der Waals surface area contributed by atoms with Gasteiger partial charge in [-0.3, -0.25) is 9.42 Å². The van der Waals surface area contributed by atoms with Crippen molar-refractivity contribution < 1.29 is 28.5 Å². The van der Waals surface area contributed by atoms with Crippen LogP contribution in [0.4, 0.5) is 11.4 Å². The maximum absolute atomic E-state index is 11.0. The van der Waals surface area contributed by atoms with Gasteiger partial charge < -0.3 is 24.2 Å². The van der Waals surface area contributed by atoms with E-state index >= 15 is 0 Å². The molecule has 0 saturated carbocycles. The fraction of sp³-hybridized carbons (Fsp3) is 0.519. The molecule has 0 bridgehead atoms. The predicted molar refractivity (Wildman–Crippen MR) is 157 cm³/mol. The Balaban J connectivity index is 1.46. The molecule has 2 aromatic rings. The Bertz CT molecular complexity index is 1040. The molecule has 1 heterocycles. The molecule has 9 nitrogen and oxygen atoms in total. The highest BCUT2D eigenvalue weighted by atomic mass is 35.5. The highest BCUT2D eigenvalue weighted by Gasteiger charge is 2.21. The number of piperazine rings is 1. The van der Waals surface area contributed by atoms with Crippen LogP contribution in [0.1, 0.15) is 31.7 Å². The number of aryl methyl sites for hydroxylation is 1. The first-order valence-corrected chi connectivity index (χ1v) is 14.9. The van der Waals surface area contributed by atoms with Crippen LogP contribution in [0, 0.1) is 0 Å². The van der Waals surface area contributed by atoms with Crippen molar-refractivity contribution in [2.45, 2.75) is 38.8 Å². The molecule has 1 aliphatic rings. The third-order valence-corrected chi connectivity index (χ3v) is 8.25. The van der Waals surface area contributed by atoms with E-state index < -0.39 is 14.8 Å². The molecule has 12 heteroatoms. The van der Waals surface area contributed by atoms with Gasteiger partial charge in [0.2, 0.25) is 0 Å². The van der Waals surface area contributed by atoms with Crippen LogP contribution in [0.25, 0.3) is 0 Å². The number of hydrogen-bond acceptors (Lipinski definition) is 9. The number of carbonyl (C=O) groups is 1. The number of unbranched alkanes of at least 4 members (excludes halogenated alkanes) is 1. The van der Waals surface area contributed by atoms with Crippen molar-refractivity contribution in [1.29, 1.82) is 0 Å². The number of benzene rings is 2. The molecular weight excluding hydrogens is 564 g/mol. The Kier molecular flexibility index (Phi) is 13.5. The molecule has 0 radical (unpaired) electrons. The zero-order valence-electron chi connectivity index (χ0n) is 22.7. The predicted octanol–water partition coefficient (Wildman–Crippen LogP) is 5.70. The number of carbonyl (C=O) groups excluding carboxylic acids is 1. The molecule has 2 unspecified atom stereocenters. The number of nitrogens with zero attached hydrogens (tertiary/aromatic N) is 3. The molecular formula is C27H38Cl2N3O6P. The second-order valence-electron chi connectivity index (χ2n) is 9.25. The Morgan fingerprint density at radius 3 is 2.64 bits per heavy atom. The molecule has 2 atom stereocenters. The van der Waals surface area contributed by atoms with Crippen molar-refractivity contribution in [2.24, 2.45) is 0 Å². The van der Waals surface area contributed by atoms with E-state index in [0.29, 0.717) is 29.5 Å². The Labute approximate surface area is 242 Å². The number of ether oxygens (including phenoxy) is 1. The maximum atomic E-state index is 11.0. The molecule has 0 aromatic heterocycles. The molecule has 2 aromatic carbocycles. The summed E-state index contributed by atoms with van der Waals surface area (Å²) in [5, 5.41) is 1.21. The average molecular weight is 602 g/mol. The lowest BCUT2D eigenvalue weighted by Crippen LogP contribution is -2.46. The monoisotopic (exact) mass is 601 g/mol. The zero-order valence-corrected chi connectivity index (χ0v) is 25.1. The van der Waals surface area contributed by atoms with Crippen LogP contribution >= 0.6 is 31.8 Å². The summed E-state index contributed by atoms with van der Waals surface area (Å²) in [6, 6.07) is 11.6. The van der Waals surface area contributed by atoms with Gasteiger partial charge in [0.1, 0.15) is 18.3 Å². The summed E-state index contributed by atoms with van der Waals surface area (Å²) in [7, 11) is 0.980. The molecule has 1 N–H and O–H groups in total. The van der Waals surface area contributed by atoms with E-state index in [1.165, 1.54) is 7.11 Å². The Morgan fingerprint density at radius 1 is 1.15 bits per heavy atom. The van der Waals surface area contributed by atoms with Crippen molar-refractivity contribution >= 4 is 49.5 Å². The van der Waals surface area contributed by atoms with Gasteiger partial charge in [0.25, 0.3) is 0 Å². The number of hydrogen-bond donors (Lipinski definition) is 1. The van der Waals surface area contributed by atoms with E-state index in [4.69, 9.17) is 32.5 Å². The topological polar surface area (TPSA) is 83.9 Å². The van der Waals surface area contributed by atoms with Gasteiger partial charge in [0.15, 0.2) is 0 Å². The summed E-state index contributed by atoms with van der Waals surface area (Å²) in [4.78, 5) is 31.9. The van der Waals surface area contributed by atoms with Gasteiger partial charge in [-0.25, -0.2) is 4.89 Å². The second kappa shape index (κ2) is 16.6. The SMILES string of the molecule is COOP(O)OC(C)N(C)c1cc(OCCCCN2CCN(c3cccc(Cl)c3Cl)CC2)ccc1CCC=O. The molecule has 1 saturated heterocycles. The summed E-state index contributed by atoms with van der Waals surface area (Å²) < 4.78 is 16.2. The Hall–Kier alpha value is -1.68. The third kappa shape index (κ3) is 9.73. The summed E-state index contributed by atoms with van der Waals surface area (Å²) in [6.07, 6.45) is 3.37. The van der Waals surface area contributed by atoms with Gasteiger partial charge in [-0.05, 0) is 56.5 Å². The lowest BCUT2D eigenvalue weighted by Gasteiger charge is -2.36. The summed E-state index contributed by atoms with van der Waals surface area (Å²) >= 11 is 12.6. The van der Waals surface area contributed by atoms with Gasteiger partial charge in [-0.2, -0.15) is 4.67 Å². The lowest BCUT2D eigenvalue weighted by atomic mass is 10.1. The first kappa shape index (κ1) is 31.8. The van der Waals surface area contributed by atoms with Crippen molar-refractivity contribution in [1.82, 2.24) is 4.90 Å². The summed E-state index contributed by atoms with van der Waals surface area (Å²) in [5.41, 5.74) is 2.85. The standard InChI is InChI=1S/C27H38Cl2N3O6P/c1-21(37-39(34)38-35-3)30(2)26-20-23(12-11-22(26)8-7-18-33)36-19-5-4-13-31-14-16-32(17-15-31)25-10-6-9-24(28)27(25)29/h6,9-12,18,20-21,34H,4-5,7-8,13-17,19H2,1-3H3. The highest BCUT2D eigenvalue weighted by molar-refractivity contribution is 7.40. The number of rotatable bonds is 16. The average Bonchev–Trinajstić information content (AvgIpc) is 2.93. The summed E-state index contributed by atoms with van der Waals surface area (Å²) in [5.74, 6) is 0.741.